The van der Waals surface area contributed by atoms with Gasteiger partial charge in [0.25, 0.3) is 7.37 Å². The molecule has 0 fully saturated rings. The van der Waals surface area contributed by atoms with E-state index < -0.39 is 17.9 Å². The van der Waals surface area contributed by atoms with Gasteiger partial charge in [-0.1, -0.05) is 41.5 Å². The van der Waals surface area contributed by atoms with Gasteiger partial charge in [-0.15, -0.1) is 0 Å². The first-order chi connectivity index (χ1) is 5.97. The Bertz CT molecular complexity index is 268. The molecule has 0 aliphatic heterocycles. The summed E-state index contributed by atoms with van der Waals surface area (Å²) in [6, 6.07) is 0. The maximum absolute atomic E-state index is 12.4. The minimum absolute atomic E-state index is 0.292. The van der Waals surface area contributed by atoms with Gasteiger partial charge in [0, 0.05) is 17.7 Å². The monoisotopic (exact) mass is 220 g/mol. The maximum atomic E-state index is 12.4. The van der Waals surface area contributed by atoms with Crippen LogP contribution in [0.3, 0.4) is 0 Å². The van der Waals surface area contributed by atoms with Crippen LogP contribution in [0.5, 0.6) is 0 Å². The van der Waals surface area contributed by atoms with Crippen LogP contribution < -0.4 is 0 Å². The lowest BCUT2D eigenvalue weighted by Gasteiger charge is -2.32. The summed E-state index contributed by atoms with van der Waals surface area (Å²) in [6.07, 6.45) is 0. The van der Waals surface area contributed by atoms with Crippen molar-refractivity contribution in [2.75, 3.05) is 7.11 Å². The standard InChI is InChI=1S/C10H21O3P/c1-9(2,3)8(11)14(12,13-7)10(4,5)6/h1-7H3/t14-/m1/s1. The van der Waals surface area contributed by atoms with E-state index in [9.17, 15) is 9.36 Å². The molecule has 0 saturated carbocycles. The second-order valence-corrected chi connectivity index (χ2v) is 8.68. The fourth-order valence-electron chi connectivity index (χ4n) is 1.10. The molecule has 0 aromatic rings. The van der Waals surface area contributed by atoms with Crippen LogP contribution in [0.15, 0.2) is 0 Å². The minimum atomic E-state index is -3.24. The Morgan fingerprint density at radius 3 is 1.50 bits per heavy atom. The second-order valence-electron chi connectivity index (χ2n) is 5.46. The number of carbonyl (C=O) groups excluding carboxylic acids is 1. The Balaban J connectivity index is 5.31. The highest BCUT2D eigenvalue weighted by Gasteiger charge is 2.48. The van der Waals surface area contributed by atoms with Crippen LogP contribution in [0.2, 0.25) is 0 Å². The zero-order valence-corrected chi connectivity index (χ0v) is 11.1. The second kappa shape index (κ2) is 3.79. The molecule has 0 radical (unpaired) electrons. The molecule has 0 aromatic carbocycles. The zero-order valence-electron chi connectivity index (χ0n) is 10.2. The first-order valence-corrected chi connectivity index (χ1v) is 6.30. The quantitative estimate of drug-likeness (QED) is 0.671. The average molecular weight is 220 g/mol. The molecule has 0 aromatic heterocycles. The van der Waals surface area contributed by atoms with Gasteiger partial charge in [0.05, 0.1) is 0 Å². The third-order valence-corrected chi connectivity index (χ3v) is 5.54. The van der Waals surface area contributed by atoms with Gasteiger partial charge in [-0.2, -0.15) is 0 Å². The lowest BCUT2D eigenvalue weighted by molar-refractivity contribution is -0.119. The van der Waals surface area contributed by atoms with Crippen molar-refractivity contribution in [3.63, 3.8) is 0 Å². The van der Waals surface area contributed by atoms with Crippen molar-refractivity contribution in [1.29, 1.82) is 0 Å². The molecule has 0 N–H and O–H groups in total. The molecular formula is C10H21O3P. The summed E-state index contributed by atoms with van der Waals surface area (Å²) in [7, 11) is -1.89. The van der Waals surface area contributed by atoms with Crippen LogP contribution in [-0.4, -0.2) is 17.8 Å². The number of hydrogen-bond donors (Lipinski definition) is 0. The lowest BCUT2D eigenvalue weighted by atomic mass is 9.99. The van der Waals surface area contributed by atoms with Crippen LogP contribution in [-0.2, 0) is 13.9 Å². The van der Waals surface area contributed by atoms with Crippen LogP contribution in [0.4, 0.5) is 0 Å². The van der Waals surface area contributed by atoms with Gasteiger partial charge >= 0.3 is 0 Å². The summed E-state index contributed by atoms with van der Waals surface area (Å²) in [4.78, 5) is 12.0. The topological polar surface area (TPSA) is 43.4 Å². The SMILES string of the molecule is CO[P@](=O)(C(=O)C(C)(C)C)C(C)(C)C. The molecule has 0 aliphatic carbocycles. The highest BCUT2D eigenvalue weighted by atomic mass is 31.2. The molecular weight excluding hydrogens is 199 g/mol. The van der Waals surface area contributed by atoms with Crippen molar-refractivity contribution < 1.29 is 13.9 Å². The van der Waals surface area contributed by atoms with Gasteiger partial charge in [-0.05, 0) is 0 Å². The maximum Gasteiger partial charge on any atom is 0.272 e. The molecule has 0 saturated heterocycles. The Hall–Kier alpha value is -0.140. The van der Waals surface area contributed by atoms with Crippen molar-refractivity contribution in [2.24, 2.45) is 5.41 Å². The Morgan fingerprint density at radius 2 is 1.43 bits per heavy atom. The molecule has 14 heavy (non-hydrogen) atoms. The van der Waals surface area contributed by atoms with Crippen molar-refractivity contribution >= 4 is 12.9 Å². The van der Waals surface area contributed by atoms with Crippen LogP contribution in [0.1, 0.15) is 41.5 Å². The molecule has 0 heterocycles. The van der Waals surface area contributed by atoms with Crippen molar-refractivity contribution in [3.8, 4) is 0 Å². The first-order valence-electron chi connectivity index (χ1n) is 4.67. The van der Waals surface area contributed by atoms with E-state index in [0.717, 1.165) is 0 Å². The fourth-order valence-corrected chi connectivity index (χ4v) is 3.31. The summed E-state index contributed by atoms with van der Waals surface area (Å²) in [5, 5.41) is -0.633. The fraction of sp³-hybridized carbons (Fsp3) is 0.900. The highest BCUT2D eigenvalue weighted by molar-refractivity contribution is 7.77. The molecule has 0 bridgehead atoms. The van der Waals surface area contributed by atoms with E-state index in [1.54, 1.807) is 41.5 Å². The van der Waals surface area contributed by atoms with Crippen LogP contribution in [0.25, 0.3) is 0 Å². The van der Waals surface area contributed by atoms with Gasteiger partial charge in [0.1, 0.15) is 0 Å². The number of hydrogen-bond acceptors (Lipinski definition) is 3. The van der Waals surface area contributed by atoms with Gasteiger partial charge in [0.15, 0.2) is 0 Å². The van der Waals surface area contributed by atoms with Crippen molar-refractivity contribution in [3.05, 3.63) is 0 Å². The molecule has 0 amide bonds. The van der Waals surface area contributed by atoms with Crippen molar-refractivity contribution in [1.82, 2.24) is 0 Å². The molecule has 84 valence electrons. The number of carbonyl (C=O) groups is 1. The van der Waals surface area contributed by atoms with E-state index in [2.05, 4.69) is 0 Å². The minimum Gasteiger partial charge on any atom is -0.326 e. The molecule has 0 aliphatic rings. The molecule has 0 unspecified atom stereocenters. The van der Waals surface area contributed by atoms with Gasteiger partial charge in [-0.3, -0.25) is 9.36 Å². The molecule has 0 spiro atoms. The smallest absolute Gasteiger partial charge is 0.272 e. The zero-order chi connectivity index (χ0) is 11.8. The van der Waals surface area contributed by atoms with E-state index in [0.29, 0.717) is 0 Å². The molecule has 4 heteroatoms. The Labute approximate surface area is 86.7 Å². The Kier molecular flexibility index (Phi) is 3.75. The summed E-state index contributed by atoms with van der Waals surface area (Å²) >= 11 is 0. The third kappa shape index (κ3) is 2.46. The van der Waals surface area contributed by atoms with E-state index >= 15 is 0 Å². The largest absolute Gasteiger partial charge is 0.326 e. The summed E-state index contributed by atoms with van der Waals surface area (Å²) in [5.41, 5.74) is -0.918. The first kappa shape index (κ1) is 13.9. The summed E-state index contributed by atoms with van der Waals surface area (Å²) in [6.45, 7) is 10.6. The predicted octanol–water partition coefficient (Wildman–Crippen LogP) is 3.28. The third-order valence-electron chi connectivity index (χ3n) is 2.05. The van der Waals surface area contributed by atoms with Gasteiger partial charge in [-0.25, -0.2) is 0 Å². The molecule has 0 rings (SSSR count). The van der Waals surface area contributed by atoms with E-state index in [-0.39, 0.29) is 5.52 Å². The van der Waals surface area contributed by atoms with Gasteiger partial charge < -0.3 is 4.52 Å². The average Bonchev–Trinajstić information content (AvgIpc) is 1.97. The molecule has 1 atom stereocenters. The number of rotatable bonds is 2. The Morgan fingerprint density at radius 1 is 1.07 bits per heavy atom. The van der Waals surface area contributed by atoms with E-state index in [1.807, 2.05) is 0 Å². The normalized spacial score (nSPS) is 17.6. The summed E-state index contributed by atoms with van der Waals surface area (Å²) < 4.78 is 17.4. The summed E-state index contributed by atoms with van der Waals surface area (Å²) in [5.74, 6) is 0. The predicted molar refractivity (Wildman–Crippen MR) is 58.8 cm³/mol. The van der Waals surface area contributed by atoms with Gasteiger partial charge in [0.2, 0.25) is 5.52 Å². The lowest BCUT2D eigenvalue weighted by Crippen LogP contribution is -2.29. The molecule has 3 nitrogen and oxygen atoms in total. The van der Waals surface area contributed by atoms with Crippen LogP contribution >= 0.6 is 7.37 Å². The van der Waals surface area contributed by atoms with Crippen LogP contribution in [0, 0.1) is 5.41 Å². The van der Waals surface area contributed by atoms with Crippen molar-refractivity contribution in [2.45, 2.75) is 46.7 Å². The van der Waals surface area contributed by atoms with E-state index in [4.69, 9.17) is 4.52 Å². The van der Waals surface area contributed by atoms with E-state index in [1.165, 1.54) is 7.11 Å². The highest BCUT2D eigenvalue weighted by Crippen LogP contribution is 2.61.